The maximum absolute atomic E-state index is 12.9. The molecule has 7 heteroatoms. The van der Waals surface area contributed by atoms with Crippen LogP contribution in [0.2, 0.25) is 0 Å². The summed E-state index contributed by atoms with van der Waals surface area (Å²) in [5.41, 5.74) is 6.19. The van der Waals surface area contributed by atoms with E-state index in [1.54, 1.807) is 6.08 Å². The minimum Gasteiger partial charge on any atom is -0.481 e. The van der Waals surface area contributed by atoms with E-state index < -0.39 is 23.7 Å². The van der Waals surface area contributed by atoms with Gasteiger partial charge >= 0.3 is 0 Å². The molecule has 6 nitrogen and oxygen atoms in total. The van der Waals surface area contributed by atoms with Gasteiger partial charge in [0.2, 0.25) is 0 Å². The first-order valence-electron chi connectivity index (χ1n) is 9.18. The van der Waals surface area contributed by atoms with Crippen LogP contribution >= 0.6 is 0 Å². The smallest absolute Gasteiger partial charge is 0.279 e. The maximum Gasteiger partial charge on any atom is 0.279 e. The molecule has 1 heterocycles. The minimum absolute atomic E-state index is 0.346. The molecule has 0 spiro atoms. The quantitative estimate of drug-likeness (QED) is 0.491. The molecule has 0 unspecified atom stereocenters. The Morgan fingerprint density at radius 1 is 1.14 bits per heavy atom. The average Bonchev–Trinajstić information content (AvgIpc) is 3.09. The molecule has 0 fully saturated rings. The van der Waals surface area contributed by atoms with Crippen molar-refractivity contribution in [2.45, 2.75) is 26.4 Å². The number of halogens is 1. The number of carbonyl (C=O) groups excluding carboxylic acids is 2. The van der Waals surface area contributed by atoms with Gasteiger partial charge in [-0.2, -0.15) is 0 Å². The van der Waals surface area contributed by atoms with E-state index in [0.717, 1.165) is 22.3 Å². The van der Waals surface area contributed by atoms with Gasteiger partial charge in [0.15, 0.2) is 6.10 Å². The van der Waals surface area contributed by atoms with Crippen molar-refractivity contribution in [2.75, 3.05) is 0 Å². The standard InChI is InChI=1S/C22H21FN2O4/c1-3-19-18(17-6-4-5-7-20(17)29-19)12-13-21(26)24-25-22(27)14(2)28-16-10-8-15(23)9-11-16/h4-14H,3H2,1-2H3,(H,24,26)(H,25,27)/b13-12+/t14-/m1/s1. The Labute approximate surface area is 167 Å². The van der Waals surface area contributed by atoms with Gasteiger partial charge in [-0.05, 0) is 43.3 Å². The molecule has 0 aliphatic heterocycles. The first-order chi connectivity index (χ1) is 14.0. The number of fused-ring (bicyclic) bond motifs is 1. The van der Waals surface area contributed by atoms with E-state index in [9.17, 15) is 14.0 Å². The first kappa shape index (κ1) is 20.1. The van der Waals surface area contributed by atoms with Crippen molar-refractivity contribution in [3.8, 4) is 5.75 Å². The molecule has 2 N–H and O–H groups in total. The summed E-state index contributed by atoms with van der Waals surface area (Å²) >= 11 is 0. The highest BCUT2D eigenvalue weighted by Gasteiger charge is 2.15. The lowest BCUT2D eigenvalue weighted by atomic mass is 10.1. The van der Waals surface area contributed by atoms with E-state index in [1.807, 2.05) is 31.2 Å². The van der Waals surface area contributed by atoms with Gasteiger partial charge < -0.3 is 9.15 Å². The van der Waals surface area contributed by atoms with Crippen LogP contribution in [0.25, 0.3) is 17.0 Å². The lowest BCUT2D eigenvalue weighted by Crippen LogP contribution is -2.46. The van der Waals surface area contributed by atoms with Gasteiger partial charge in [0.05, 0.1) is 0 Å². The molecule has 3 rings (SSSR count). The summed E-state index contributed by atoms with van der Waals surface area (Å²) in [6.07, 6.45) is 2.78. The Bertz CT molecular complexity index is 1040. The van der Waals surface area contributed by atoms with Crippen molar-refractivity contribution in [1.29, 1.82) is 0 Å². The molecule has 0 aliphatic rings. The van der Waals surface area contributed by atoms with Crippen LogP contribution in [-0.4, -0.2) is 17.9 Å². The van der Waals surface area contributed by atoms with Crippen LogP contribution in [0.1, 0.15) is 25.2 Å². The highest BCUT2D eigenvalue weighted by molar-refractivity contribution is 5.97. The van der Waals surface area contributed by atoms with Crippen LogP contribution in [0.3, 0.4) is 0 Å². The zero-order valence-corrected chi connectivity index (χ0v) is 16.1. The molecule has 3 aromatic rings. The number of para-hydroxylation sites is 1. The Kier molecular flexibility index (Phi) is 6.29. The van der Waals surface area contributed by atoms with Crippen LogP contribution in [0, 0.1) is 5.82 Å². The predicted octanol–water partition coefficient (Wildman–Crippen LogP) is 3.76. The Hall–Kier alpha value is -3.61. The van der Waals surface area contributed by atoms with Gasteiger partial charge in [0, 0.05) is 23.4 Å². The number of amides is 2. The van der Waals surface area contributed by atoms with Crippen LogP contribution in [-0.2, 0) is 16.0 Å². The van der Waals surface area contributed by atoms with Crippen LogP contribution in [0.5, 0.6) is 5.75 Å². The lowest BCUT2D eigenvalue weighted by molar-refractivity contribution is -0.131. The Morgan fingerprint density at radius 3 is 2.59 bits per heavy atom. The Balaban J connectivity index is 1.57. The number of benzene rings is 2. The van der Waals surface area contributed by atoms with Crippen molar-refractivity contribution in [3.63, 3.8) is 0 Å². The summed E-state index contributed by atoms with van der Waals surface area (Å²) in [5.74, 6) is -0.316. The van der Waals surface area contributed by atoms with E-state index in [1.165, 1.54) is 37.3 Å². The molecule has 0 aliphatic carbocycles. The highest BCUT2D eigenvalue weighted by Crippen LogP contribution is 2.27. The van der Waals surface area contributed by atoms with Crippen LogP contribution < -0.4 is 15.6 Å². The van der Waals surface area contributed by atoms with Crippen LogP contribution in [0.15, 0.2) is 59.0 Å². The molecule has 0 saturated carbocycles. The fourth-order valence-corrected chi connectivity index (χ4v) is 2.76. The number of furan rings is 1. The number of nitrogens with one attached hydrogen (secondary N) is 2. The number of hydrogen-bond donors (Lipinski definition) is 2. The summed E-state index contributed by atoms with van der Waals surface area (Å²) in [6, 6.07) is 12.9. The number of hydrazine groups is 1. The Morgan fingerprint density at radius 2 is 1.86 bits per heavy atom. The molecular weight excluding hydrogens is 375 g/mol. The number of ether oxygens (including phenoxy) is 1. The normalized spacial score (nSPS) is 12.1. The lowest BCUT2D eigenvalue weighted by Gasteiger charge is -2.14. The zero-order chi connectivity index (χ0) is 20.8. The minimum atomic E-state index is -0.880. The SMILES string of the molecule is CCc1oc2ccccc2c1/C=C/C(=O)NNC(=O)[C@@H](C)Oc1ccc(F)cc1. The topological polar surface area (TPSA) is 80.6 Å². The van der Waals surface area contributed by atoms with E-state index in [-0.39, 0.29) is 0 Å². The fourth-order valence-electron chi connectivity index (χ4n) is 2.76. The van der Waals surface area contributed by atoms with Crippen molar-refractivity contribution < 1.29 is 23.1 Å². The molecule has 1 atom stereocenters. The second kappa shape index (κ2) is 9.05. The van der Waals surface area contributed by atoms with Gasteiger partial charge in [-0.3, -0.25) is 20.4 Å². The van der Waals surface area contributed by atoms with E-state index in [2.05, 4.69) is 10.9 Å². The first-order valence-corrected chi connectivity index (χ1v) is 9.18. The van der Waals surface area contributed by atoms with Crippen molar-refractivity contribution >= 4 is 28.9 Å². The molecular formula is C22H21FN2O4. The highest BCUT2D eigenvalue weighted by atomic mass is 19.1. The van der Waals surface area contributed by atoms with Crippen molar-refractivity contribution in [2.24, 2.45) is 0 Å². The van der Waals surface area contributed by atoms with Gasteiger partial charge in [-0.25, -0.2) is 4.39 Å². The summed E-state index contributed by atoms with van der Waals surface area (Å²) in [7, 11) is 0. The monoisotopic (exact) mass is 396 g/mol. The number of aryl methyl sites for hydroxylation is 1. The molecule has 1 aromatic heterocycles. The largest absolute Gasteiger partial charge is 0.481 e. The maximum atomic E-state index is 12.9. The van der Waals surface area contributed by atoms with Gasteiger partial charge in [0.25, 0.3) is 11.8 Å². The van der Waals surface area contributed by atoms with Gasteiger partial charge in [0.1, 0.15) is 22.9 Å². The molecule has 0 radical (unpaired) electrons. The molecule has 29 heavy (non-hydrogen) atoms. The van der Waals surface area contributed by atoms with E-state index >= 15 is 0 Å². The molecule has 150 valence electrons. The average molecular weight is 396 g/mol. The zero-order valence-electron chi connectivity index (χ0n) is 16.1. The third-order valence-electron chi connectivity index (χ3n) is 4.24. The van der Waals surface area contributed by atoms with E-state index in [0.29, 0.717) is 12.2 Å². The molecule has 0 saturated heterocycles. The van der Waals surface area contributed by atoms with Gasteiger partial charge in [-0.15, -0.1) is 0 Å². The third kappa shape index (κ3) is 5.01. The summed E-state index contributed by atoms with van der Waals surface area (Å²) in [6.45, 7) is 3.49. The molecule has 2 amide bonds. The van der Waals surface area contributed by atoms with Crippen molar-refractivity contribution in [1.82, 2.24) is 10.9 Å². The summed E-state index contributed by atoms with van der Waals surface area (Å²) in [4.78, 5) is 24.1. The van der Waals surface area contributed by atoms with Crippen LogP contribution in [0.4, 0.5) is 4.39 Å². The predicted molar refractivity (Wildman–Crippen MR) is 107 cm³/mol. The van der Waals surface area contributed by atoms with E-state index in [4.69, 9.17) is 9.15 Å². The van der Waals surface area contributed by atoms with Crippen molar-refractivity contribution in [3.05, 3.63) is 71.7 Å². The summed E-state index contributed by atoms with van der Waals surface area (Å²) < 4.78 is 24.1. The summed E-state index contributed by atoms with van der Waals surface area (Å²) in [5, 5.41) is 0.916. The second-order valence-electron chi connectivity index (χ2n) is 6.31. The number of carbonyl (C=O) groups is 2. The van der Waals surface area contributed by atoms with Gasteiger partial charge in [-0.1, -0.05) is 25.1 Å². The second-order valence-corrected chi connectivity index (χ2v) is 6.31. The fraction of sp³-hybridized carbons (Fsp3) is 0.182. The number of hydrogen-bond acceptors (Lipinski definition) is 4. The molecule has 0 bridgehead atoms. The molecule has 2 aromatic carbocycles. The number of rotatable bonds is 6. The third-order valence-corrected chi connectivity index (χ3v) is 4.24.